The van der Waals surface area contributed by atoms with E-state index in [4.69, 9.17) is 16.7 Å². The molecule has 0 aliphatic rings. The van der Waals surface area contributed by atoms with Gasteiger partial charge in [0, 0.05) is 11.6 Å². The largest absolute Gasteiger partial charge is 0.481 e. The molecule has 0 saturated carbocycles. The van der Waals surface area contributed by atoms with Gasteiger partial charge in [0.05, 0.1) is 10.9 Å². The van der Waals surface area contributed by atoms with Crippen LogP contribution in [0.1, 0.15) is 43.5 Å². The first-order chi connectivity index (χ1) is 9.81. The molecule has 1 amide bonds. The molecule has 1 aromatic rings. The van der Waals surface area contributed by atoms with Crippen LogP contribution in [0.3, 0.4) is 0 Å². The Hall–Kier alpha value is -1.62. The third kappa shape index (κ3) is 5.71. The number of rotatable bonds is 7. The van der Waals surface area contributed by atoms with Crippen LogP contribution >= 0.6 is 11.6 Å². The minimum Gasteiger partial charge on any atom is -0.481 e. The normalized spacial score (nSPS) is 13.5. The number of hydrogen-bond donors (Lipinski definition) is 2. The van der Waals surface area contributed by atoms with Gasteiger partial charge in [0.25, 0.3) is 5.91 Å². The molecule has 2 atom stereocenters. The van der Waals surface area contributed by atoms with Crippen LogP contribution in [0.25, 0.3) is 0 Å². The number of aliphatic carboxylic acids is 1. The Morgan fingerprint density at radius 3 is 2.57 bits per heavy atom. The van der Waals surface area contributed by atoms with Gasteiger partial charge in [-0.05, 0) is 38.0 Å². The Bertz CT molecular complexity index is 522. The smallest absolute Gasteiger partial charge is 0.306 e. The first kappa shape index (κ1) is 17.4. The SMILES string of the molecule is CC(CCCC(C)C(=O)O)NC(=O)c1ccc(Cl)c(F)c1. The predicted molar refractivity (Wildman–Crippen MR) is 79.0 cm³/mol. The number of amides is 1. The summed E-state index contributed by atoms with van der Waals surface area (Å²) in [6.45, 7) is 3.48. The number of hydrogen-bond acceptors (Lipinski definition) is 2. The van der Waals surface area contributed by atoms with Crippen LogP contribution < -0.4 is 5.32 Å². The van der Waals surface area contributed by atoms with Gasteiger partial charge in [-0.15, -0.1) is 0 Å². The van der Waals surface area contributed by atoms with Crippen LogP contribution in [-0.2, 0) is 4.79 Å². The summed E-state index contributed by atoms with van der Waals surface area (Å²) in [5.74, 6) is -2.21. The zero-order valence-corrected chi connectivity index (χ0v) is 12.8. The van der Waals surface area contributed by atoms with Crippen molar-refractivity contribution in [2.45, 2.75) is 39.2 Å². The Kier molecular flexibility index (Phi) is 6.62. The van der Waals surface area contributed by atoms with Gasteiger partial charge in [0.1, 0.15) is 5.82 Å². The number of halogens is 2. The minimum absolute atomic E-state index is 0.0257. The summed E-state index contributed by atoms with van der Waals surface area (Å²) in [5.41, 5.74) is 0.211. The molecule has 0 fully saturated rings. The van der Waals surface area contributed by atoms with Crippen molar-refractivity contribution >= 4 is 23.5 Å². The van der Waals surface area contributed by atoms with E-state index in [0.717, 1.165) is 6.07 Å². The molecule has 0 radical (unpaired) electrons. The minimum atomic E-state index is -0.816. The standard InChI is InChI=1S/C15H19ClFNO3/c1-9(15(20)21)4-3-5-10(2)18-14(19)11-6-7-12(16)13(17)8-11/h6-10H,3-5H2,1-2H3,(H,18,19)(H,20,21). The molecule has 0 saturated heterocycles. The first-order valence-corrected chi connectivity index (χ1v) is 7.17. The van der Waals surface area contributed by atoms with Gasteiger partial charge in [-0.2, -0.15) is 0 Å². The van der Waals surface area contributed by atoms with Crippen molar-refractivity contribution in [3.63, 3.8) is 0 Å². The molecule has 1 rings (SSSR count). The third-order valence-electron chi connectivity index (χ3n) is 3.26. The highest BCUT2D eigenvalue weighted by Crippen LogP contribution is 2.16. The fourth-order valence-corrected chi connectivity index (χ4v) is 1.99. The number of nitrogens with one attached hydrogen (secondary N) is 1. The van der Waals surface area contributed by atoms with E-state index in [-0.39, 0.29) is 22.5 Å². The predicted octanol–water partition coefficient (Wildman–Crippen LogP) is 3.49. The highest BCUT2D eigenvalue weighted by Gasteiger charge is 2.14. The lowest BCUT2D eigenvalue weighted by Gasteiger charge is -2.14. The summed E-state index contributed by atoms with van der Waals surface area (Å²) in [5, 5.41) is 11.5. The van der Waals surface area contributed by atoms with Gasteiger partial charge in [-0.1, -0.05) is 24.9 Å². The Balaban J connectivity index is 2.43. The quantitative estimate of drug-likeness (QED) is 0.809. The Morgan fingerprint density at radius 2 is 2.00 bits per heavy atom. The maximum absolute atomic E-state index is 13.3. The number of carbonyl (C=O) groups is 2. The summed E-state index contributed by atoms with van der Waals surface area (Å²) in [6.07, 6.45) is 1.93. The molecule has 116 valence electrons. The van der Waals surface area contributed by atoms with E-state index < -0.39 is 17.7 Å². The van der Waals surface area contributed by atoms with Gasteiger partial charge in [0.15, 0.2) is 0 Å². The molecule has 0 spiro atoms. The number of carbonyl (C=O) groups excluding carboxylic acids is 1. The van der Waals surface area contributed by atoms with Gasteiger partial charge in [-0.25, -0.2) is 4.39 Å². The molecule has 21 heavy (non-hydrogen) atoms. The molecular weight excluding hydrogens is 297 g/mol. The van der Waals surface area contributed by atoms with Crippen LogP contribution in [0.4, 0.5) is 4.39 Å². The number of carboxylic acid groups (broad SMARTS) is 1. The lowest BCUT2D eigenvalue weighted by molar-refractivity contribution is -0.141. The van der Waals surface area contributed by atoms with Crippen molar-refractivity contribution in [3.05, 3.63) is 34.6 Å². The molecule has 0 aromatic heterocycles. The van der Waals surface area contributed by atoms with Crippen LogP contribution in [-0.4, -0.2) is 23.0 Å². The van der Waals surface area contributed by atoms with Crippen molar-refractivity contribution < 1.29 is 19.1 Å². The molecule has 4 nitrogen and oxygen atoms in total. The fourth-order valence-electron chi connectivity index (χ4n) is 1.87. The maximum Gasteiger partial charge on any atom is 0.306 e. The Labute approximate surface area is 128 Å². The lowest BCUT2D eigenvalue weighted by Crippen LogP contribution is -2.32. The second-order valence-electron chi connectivity index (χ2n) is 5.17. The maximum atomic E-state index is 13.3. The molecule has 2 unspecified atom stereocenters. The average Bonchev–Trinajstić information content (AvgIpc) is 2.41. The van der Waals surface area contributed by atoms with Gasteiger partial charge in [0.2, 0.25) is 0 Å². The van der Waals surface area contributed by atoms with E-state index in [9.17, 15) is 14.0 Å². The highest BCUT2D eigenvalue weighted by atomic mass is 35.5. The second kappa shape index (κ2) is 7.98. The summed E-state index contributed by atoms with van der Waals surface area (Å²) < 4.78 is 13.3. The summed E-state index contributed by atoms with van der Waals surface area (Å²) in [6, 6.07) is 3.78. The Morgan fingerprint density at radius 1 is 1.33 bits per heavy atom. The summed E-state index contributed by atoms with van der Waals surface area (Å²) in [4.78, 5) is 22.6. The second-order valence-corrected chi connectivity index (χ2v) is 5.58. The first-order valence-electron chi connectivity index (χ1n) is 6.80. The van der Waals surface area contributed by atoms with E-state index in [1.54, 1.807) is 6.92 Å². The van der Waals surface area contributed by atoms with Crippen molar-refractivity contribution in [3.8, 4) is 0 Å². The number of benzene rings is 1. The van der Waals surface area contributed by atoms with Crippen LogP contribution in [0.15, 0.2) is 18.2 Å². The molecule has 0 heterocycles. The van der Waals surface area contributed by atoms with Crippen molar-refractivity contribution in [2.75, 3.05) is 0 Å². The van der Waals surface area contributed by atoms with Crippen molar-refractivity contribution in [1.29, 1.82) is 0 Å². The van der Waals surface area contributed by atoms with Crippen molar-refractivity contribution in [2.24, 2.45) is 5.92 Å². The van der Waals surface area contributed by atoms with Crippen LogP contribution in [0.2, 0.25) is 5.02 Å². The van der Waals surface area contributed by atoms with E-state index in [1.807, 2.05) is 6.92 Å². The van der Waals surface area contributed by atoms with Gasteiger partial charge in [-0.3, -0.25) is 9.59 Å². The highest BCUT2D eigenvalue weighted by molar-refractivity contribution is 6.30. The fraction of sp³-hybridized carbons (Fsp3) is 0.467. The van der Waals surface area contributed by atoms with Gasteiger partial charge >= 0.3 is 5.97 Å². The average molecular weight is 316 g/mol. The zero-order valence-electron chi connectivity index (χ0n) is 12.0. The van der Waals surface area contributed by atoms with E-state index >= 15 is 0 Å². The zero-order chi connectivity index (χ0) is 16.0. The van der Waals surface area contributed by atoms with Crippen molar-refractivity contribution in [1.82, 2.24) is 5.32 Å². The molecule has 6 heteroatoms. The molecule has 0 bridgehead atoms. The lowest BCUT2D eigenvalue weighted by atomic mass is 10.0. The summed E-state index contributed by atoms with van der Waals surface area (Å²) in [7, 11) is 0. The van der Waals surface area contributed by atoms with Gasteiger partial charge < -0.3 is 10.4 Å². The topological polar surface area (TPSA) is 66.4 Å². The van der Waals surface area contributed by atoms with E-state index in [1.165, 1.54) is 12.1 Å². The van der Waals surface area contributed by atoms with E-state index in [2.05, 4.69) is 5.32 Å². The number of carboxylic acids is 1. The molecular formula is C15H19ClFNO3. The van der Waals surface area contributed by atoms with Crippen LogP contribution in [0, 0.1) is 11.7 Å². The monoisotopic (exact) mass is 315 g/mol. The molecule has 1 aromatic carbocycles. The van der Waals surface area contributed by atoms with E-state index in [0.29, 0.717) is 19.3 Å². The van der Waals surface area contributed by atoms with Crippen LogP contribution in [0.5, 0.6) is 0 Å². The molecule has 0 aliphatic heterocycles. The third-order valence-corrected chi connectivity index (χ3v) is 3.56. The molecule has 2 N–H and O–H groups in total. The summed E-state index contributed by atoms with van der Waals surface area (Å²) >= 11 is 5.56. The molecule has 0 aliphatic carbocycles.